The van der Waals surface area contributed by atoms with Crippen molar-refractivity contribution < 1.29 is 57.5 Å². The van der Waals surface area contributed by atoms with E-state index in [9.17, 15) is 29.1 Å². The number of hydrogen-bond acceptors (Lipinski definition) is 17. The van der Waals surface area contributed by atoms with Crippen LogP contribution >= 0.6 is 0 Å². The van der Waals surface area contributed by atoms with E-state index in [0.29, 0.717) is 42.1 Å². The molecular formula is C81H131N5O12. The van der Waals surface area contributed by atoms with Crippen LogP contribution in [0.4, 0.5) is 0 Å². The van der Waals surface area contributed by atoms with Gasteiger partial charge in [-0.25, -0.2) is 0 Å². The first-order chi connectivity index (χ1) is 47.3. The van der Waals surface area contributed by atoms with E-state index < -0.39 is 0 Å². The van der Waals surface area contributed by atoms with Gasteiger partial charge in [-0.15, -0.1) is 0 Å². The van der Waals surface area contributed by atoms with Crippen LogP contribution in [-0.2, 0) is 52.4 Å². The summed E-state index contributed by atoms with van der Waals surface area (Å²) in [5.41, 5.74) is -0.781. The predicted octanol–water partition coefficient (Wildman–Crippen LogP) is 12.1. The molecule has 20 rings (SSSR count). The van der Waals surface area contributed by atoms with Crippen LogP contribution in [0.15, 0.2) is 0 Å². The fraction of sp³-hybridized carbons (Fsp3) is 0.938. The maximum absolute atomic E-state index is 13.2. The van der Waals surface area contributed by atoms with Gasteiger partial charge in [-0.2, -0.15) is 0 Å². The summed E-state index contributed by atoms with van der Waals surface area (Å²) in [6.07, 6.45) is 39.9. The van der Waals surface area contributed by atoms with Gasteiger partial charge in [0.15, 0.2) is 0 Å². The second kappa shape index (κ2) is 30.6. The molecule has 98 heavy (non-hydrogen) atoms. The lowest BCUT2D eigenvalue weighted by Crippen LogP contribution is -2.61. The highest BCUT2D eigenvalue weighted by Crippen LogP contribution is 2.66. The molecule has 0 aromatic rings. The molecule has 17 heteroatoms. The standard InChI is InChI=1S/C22H35NO2.C19H29NO2.C15H25NO3.C14H23NO3.C11H19NO2/c1-14-19(21(2,3)23-7-5-4-6-8-23)20(24)25-22(14)17-10-15-9-16(12-17)13-18(22)11-15;21-18-15(12-20-4-2-1-3-5-20)11-19(22-18)16-7-13-6-14(9-16)10-17(19)8-13;17-13-4-6-15(7-5-13)10-12(14(18)19-15)11-16-8-2-1-3-9-16;1-11-14(5-8-17-11)9-12(13(16)18-14)10-15-6-3-2-4-7-15;1-9-8-14-11(13)10(9)7-12-5-3-2-4-6-12/h14-19H,4-13H2,1-3H3;13-17H,1-12H2;12-13,17H,1-11H2;11-12H,2-10H2,1H3;9-10H,2-8H2,1H3. The third-order valence-corrected chi connectivity index (χ3v) is 30.0. The number of ether oxygens (including phenoxy) is 6. The lowest BCUT2D eigenvalue weighted by atomic mass is 9.46. The zero-order chi connectivity index (χ0) is 68.0. The van der Waals surface area contributed by atoms with Gasteiger partial charge in [0.1, 0.15) is 22.4 Å². The van der Waals surface area contributed by atoms with Crippen molar-refractivity contribution in [2.45, 2.75) is 287 Å². The Labute approximate surface area is 589 Å². The number of piperidine rings is 5. The van der Waals surface area contributed by atoms with Crippen LogP contribution in [0.2, 0.25) is 0 Å². The summed E-state index contributed by atoms with van der Waals surface area (Å²) in [5, 5.41) is 9.60. The largest absolute Gasteiger partial charge is 0.465 e. The fourth-order valence-electron chi connectivity index (χ4n) is 24.9. The molecule has 9 unspecified atom stereocenters. The lowest BCUT2D eigenvalue weighted by Gasteiger charge is -2.60. The highest BCUT2D eigenvalue weighted by atomic mass is 16.6. The van der Waals surface area contributed by atoms with Gasteiger partial charge < -0.3 is 53.1 Å². The Morgan fingerprint density at radius 2 is 0.878 bits per heavy atom. The highest BCUT2D eigenvalue weighted by Gasteiger charge is 2.70. The third-order valence-electron chi connectivity index (χ3n) is 30.0. The highest BCUT2D eigenvalue weighted by molar-refractivity contribution is 5.79. The van der Waals surface area contributed by atoms with Crippen LogP contribution in [0.1, 0.15) is 247 Å². The number of likely N-dealkylation sites (tertiary alicyclic amines) is 5. The van der Waals surface area contributed by atoms with Crippen molar-refractivity contribution in [2.24, 2.45) is 88.8 Å². The predicted molar refractivity (Wildman–Crippen MR) is 375 cm³/mol. The topological polar surface area (TPSA) is 177 Å². The summed E-state index contributed by atoms with van der Waals surface area (Å²) in [5.74, 6) is 7.94. The summed E-state index contributed by atoms with van der Waals surface area (Å²) < 4.78 is 34.7. The van der Waals surface area contributed by atoms with Gasteiger partial charge in [0.25, 0.3) is 0 Å². The summed E-state index contributed by atoms with van der Waals surface area (Å²) in [7, 11) is 0. The molecule has 1 N–H and O–H groups in total. The number of esters is 5. The average Bonchev–Trinajstić information content (AvgIpc) is 1.47. The Hall–Kier alpha value is -2.93. The zero-order valence-corrected chi connectivity index (χ0v) is 61.6. The second-order valence-electron chi connectivity index (χ2n) is 36.7. The number of rotatable bonds is 10. The molecule has 20 aliphatic rings. The number of hydrogen-bond donors (Lipinski definition) is 1. The number of aliphatic hydroxyl groups excluding tert-OH is 1. The molecule has 0 aromatic heterocycles. The number of aliphatic hydroxyl groups is 1. The van der Waals surface area contributed by atoms with Crippen molar-refractivity contribution in [3.63, 3.8) is 0 Å². The van der Waals surface area contributed by atoms with Crippen LogP contribution in [0, 0.1) is 88.8 Å². The molecule has 9 saturated carbocycles. The van der Waals surface area contributed by atoms with Crippen LogP contribution in [0.5, 0.6) is 0 Å². The van der Waals surface area contributed by atoms with Crippen molar-refractivity contribution in [1.82, 2.24) is 24.5 Å². The maximum Gasteiger partial charge on any atom is 0.311 e. The van der Waals surface area contributed by atoms with E-state index >= 15 is 0 Å². The van der Waals surface area contributed by atoms with Gasteiger partial charge >= 0.3 is 29.8 Å². The first kappa shape index (κ1) is 72.0. The molecule has 11 saturated heterocycles. The van der Waals surface area contributed by atoms with E-state index in [2.05, 4.69) is 52.2 Å². The van der Waals surface area contributed by atoms with Crippen molar-refractivity contribution in [3.05, 3.63) is 0 Å². The molecule has 11 aliphatic heterocycles. The minimum atomic E-state index is -0.308. The Morgan fingerprint density at radius 1 is 0.449 bits per heavy atom. The average molecular weight is 1370 g/mol. The summed E-state index contributed by atoms with van der Waals surface area (Å²) in [6, 6.07) is 0. The van der Waals surface area contributed by atoms with Crippen molar-refractivity contribution in [1.29, 1.82) is 0 Å². The zero-order valence-electron chi connectivity index (χ0n) is 61.6. The molecule has 4 spiro atoms. The van der Waals surface area contributed by atoms with E-state index in [4.69, 9.17) is 28.4 Å². The molecular weight excluding hydrogens is 1230 g/mol. The smallest absolute Gasteiger partial charge is 0.311 e. The third kappa shape index (κ3) is 15.2. The molecule has 0 amide bonds. The molecule has 0 aromatic carbocycles. The lowest BCUT2D eigenvalue weighted by molar-refractivity contribution is -0.201. The van der Waals surface area contributed by atoms with E-state index in [1.54, 1.807) is 0 Å². The van der Waals surface area contributed by atoms with E-state index in [1.807, 2.05) is 6.92 Å². The van der Waals surface area contributed by atoms with Crippen LogP contribution in [0.25, 0.3) is 0 Å². The van der Waals surface area contributed by atoms with Crippen molar-refractivity contribution in [2.75, 3.05) is 105 Å². The molecule has 17 nitrogen and oxygen atoms in total. The monoisotopic (exact) mass is 1370 g/mol. The summed E-state index contributed by atoms with van der Waals surface area (Å²) in [4.78, 5) is 73.7. The number of cyclic esters (lactones) is 1. The minimum absolute atomic E-state index is 0.00182. The molecule has 20 fully saturated rings. The Morgan fingerprint density at radius 3 is 1.34 bits per heavy atom. The number of nitrogens with zero attached hydrogens (tertiary/aromatic N) is 5. The number of carbonyl (C=O) groups excluding carboxylic acids is 5. The first-order valence-corrected chi connectivity index (χ1v) is 41.3. The number of carbonyl (C=O) groups is 5. The SMILES string of the molecule is CC1C(C(C)(C)N2CCCCC2)C(=O)OC12C1CC3CC(C1)CC2C3.CC1COC(=O)C1CN1CCCCC1.CC1OCCC12CC(CN1CCCCC1)C(=O)O2.O=C1OC2(CC1CN1CCCCC1)C1CC3CC(C1)CC2C3.O=C1OC2(CCC(O)CC2)CC1CN1CCCCC1. The van der Waals surface area contributed by atoms with Gasteiger partial charge in [-0.05, 0) is 288 Å². The van der Waals surface area contributed by atoms with Gasteiger partial charge in [0, 0.05) is 69.2 Å². The quantitative estimate of drug-likeness (QED) is 0.161. The fourth-order valence-corrected chi connectivity index (χ4v) is 24.9. The Balaban J connectivity index is 0.000000106. The maximum atomic E-state index is 13.2. The molecule has 9 aliphatic carbocycles. The van der Waals surface area contributed by atoms with Crippen LogP contribution in [0.3, 0.4) is 0 Å². The van der Waals surface area contributed by atoms with Crippen LogP contribution in [-0.4, -0.2) is 204 Å². The molecule has 8 bridgehead atoms. The van der Waals surface area contributed by atoms with Gasteiger partial charge in [0.2, 0.25) is 0 Å². The van der Waals surface area contributed by atoms with E-state index in [-0.39, 0.29) is 99.6 Å². The van der Waals surface area contributed by atoms with Gasteiger partial charge in [-0.1, -0.05) is 46.0 Å². The molecule has 0 radical (unpaired) electrons. The van der Waals surface area contributed by atoms with E-state index in [1.165, 1.54) is 174 Å². The van der Waals surface area contributed by atoms with Crippen LogP contribution < -0.4 is 0 Å². The molecule has 11 heterocycles. The Bertz CT molecular complexity index is 2670. The Kier molecular flexibility index (Phi) is 22.5. The van der Waals surface area contributed by atoms with Crippen molar-refractivity contribution in [3.8, 4) is 0 Å². The van der Waals surface area contributed by atoms with E-state index in [0.717, 1.165) is 160 Å². The normalized spacial score (nSPS) is 44.5. The van der Waals surface area contributed by atoms with Gasteiger partial charge in [-0.3, -0.25) is 28.9 Å². The summed E-state index contributed by atoms with van der Waals surface area (Å²) in [6.45, 7) is 27.7. The molecule has 552 valence electrons. The first-order valence-electron chi connectivity index (χ1n) is 41.3. The molecule has 9 atom stereocenters. The summed E-state index contributed by atoms with van der Waals surface area (Å²) >= 11 is 0. The van der Waals surface area contributed by atoms with Gasteiger partial charge in [0.05, 0.1) is 55.0 Å². The minimum Gasteiger partial charge on any atom is -0.465 e. The van der Waals surface area contributed by atoms with Crippen molar-refractivity contribution >= 4 is 29.8 Å². The second-order valence-corrected chi connectivity index (χ2v) is 36.7.